The maximum atomic E-state index is 12.6. The topological polar surface area (TPSA) is 96.7 Å². The summed E-state index contributed by atoms with van der Waals surface area (Å²) in [5.74, 6) is 1.28. The number of hydrogen-bond donors (Lipinski definition) is 1. The molecular weight excluding hydrogens is 398 g/mol. The van der Waals surface area contributed by atoms with E-state index in [1.807, 2.05) is 30.6 Å². The van der Waals surface area contributed by atoms with Crippen LogP contribution in [-0.2, 0) is 11.3 Å². The molecule has 1 amide bonds. The zero-order chi connectivity index (χ0) is 20.3. The van der Waals surface area contributed by atoms with Gasteiger partial charge in [0.2, 0.25) is 5.91 Å². The first-order valence-corrected chi connectivity index (χ1v) is 9.85. The summed E-state index contributed by atoms with van der Waals surface area (Å²) < 4.78 is 7.31. The summed E-state index contributed by atoms with van der Waals surface area (Å²) in [6, 6.07) is 8.62. The molecule has 0 saturated carbocycles. The number of nitriles is 1. The lowest BCUT2D eigenvalue weighted by Gasteiger charge is -2.13. The molecule has 2 aromatic heterocycles. The summed E-state index contributed by atoms with van der Waals surface area (Å²) in [6.45, 7) is 6.32. The van der Waals surface area contributed by atoms with Gasteiger partial charge in [-0.25, -0.2) is 0 Å². The van der Waals surface area contributed by atoms with Crippen molar-refractivity contribution in [2.45, 2.75) is 37.7 Å². The van der Waals surface area contributed by atoms with Gasteiger partial charge >= 0.3 is 0 Å². The molecule has 9 heteroatoms. The Kier molecular flexibility index (Phi) is 6.07. The Labute approximate surface area is 171 Å². The van der Waals surface area contributed by atoms with Crippen LogP contribution in [0.2, 0.25) is 5.02 Å². The van der Waals surface area contributed by atoms with Crippen molar-refractivity contribution in [2.75, 3.05) is 5.32 Å². The van der Waals surface area contributed by atoms with Crippen molar-refractivity contribution in [3.63, 3.8) is 0 Å². The summed E-state index contributed by atoms with van der Waals surface area (Å²) in [5, 5.41) is 20.8. The minimum Gasteiger partial charge on any atom is -0.469 e. The molecule has 1 N–H and O–H groups in total. The molecule has 28 heavy (non-hydrogen) atoms. The molecule has 0 fully saturated rings. The van der Waals surface area contributed by atoms with E-state index in [1.54, 1.807) is 31.4 Å². The third kappa shape index (κ3) is 4.06. The largest absolute Gasteiger partial charge is 0.469 e. The number of aromatic nitrogens is 3. The summed E-state index contributed by atoms with van der Waals surface area (Å²) in [4.78, 5) is 12.6. The summed E-state index contributed by atoms with van der Waals surface area (Å²) >= 11 is 7.34. The minimum atomic E-state index is -0.415. The van der Waals surface area contributed by atoms with E-state index >= 15 is 0 Å². The minimum absolute atomic E-state index is 0.197. The van der Waals surface area contributed by atoms with Gasteiger partial charge in [0.25, 0.3) is 0 Å². The highest BCUT2D eigenvalue weighted by Gasteiger charge is 2.21. The van der Waals surface area contributed by atoms with Crippen LogP contribution in [-0.4, -0.2) is 25.9 Å². The summed E-state index contributed by atoms with van der Waals surface area (Å²) in [6.07, 6.45) is 1.62. The Morgan fingerprint density at radius 1 is 1.43 bits per heavy atom. The van der Waals surface area contributed by atoms with Gasteiger partial charge in [0.1, 0.15) is 11.8 Å². The first kappa shape index (κ1) is 20.0. The van der Waals surface area contributed by atoms with E-state index in [1.165, 1.54) is 11.8 Å². The highest BCUT2D eigenvalue weighted by molar-refractivity contribution is 8.00. The van der Waals surface area contributed by atoms with Crippen molar-refractivity contribution in [3.8, 4) is 17.5 Å². The number of anilines is 1. The molecule has 1 atom stereocenters. The molecule has 0 aliphatic carbocycles. The van der Waals surface area contributed by atoms with Crippen LogP contribution in [0.1, 0.15) is 25.2 Å². The second-order valence-electron chi connectivity index (χ2n) is 6.00. The van der Waals surface area contributed by atoms with Gasteiger partial charge in [-0.05, 0) is 45.0 Å². The van der Waals surface area contributed by atoms with Crippen LogP contribution in [0.4, 0.5) is 5.69 Å². The molecule has 0 aliphatic heterocycles. The van der Waals surface area contributed by atoms with Crippen LogP contribution < -0.4 is 5.32 Å². The molecule has 0 radical (unpaired) electrons. The molecule has 3 aromatic rings. The highest BCUT2D eigenvalue weighted by atomic mass is 35.5. The normalized spacial score (nSPS) is 11.8. The van der Waals surface area contributed by atoms with Crippen LogP contribution >= 0.6 is 23.4 Å². The van der Waals surface area contributed by atoms with Gasteiger partial charge in [-0.15, -0.1) is 10.2 Å². The highest BCUT2D eigenvalue weighted by Crippen LogP contribution is 2.29. The van der Waals surface area contributed by atoms with Gasteiger partial charge in [-0.3, -0.25) is 4.79 Å². The van der Waals surface area contributed by atoms with Gasteiger partial charge in [0.15, 0.2) is 11.0 Å². The number of hydrogen-bond acceptors (Lipinski definition) is 6. The lowest BCUT2D eigenvalue weighted by atomic mass is 10.2. The average molecular weight is 416 g/mol. The molecule has 2 heterocycles. The fraction of sp³-hybridized carbons (Fsp3) is 0.263. The summed E-state index contributed by atoms with van der Waals surface area (Å²) in [7, 11) is 0. The van der Waals surface area contributed by atoms with Crippen molar-refractivity contribution in [3.05, 3.63) is 46.9 Å². The van der Waals surface area contributed by atoms with E-state index in [0.29, 0.717) is 33.8 Å². The first-order chi connectivity index (χ1) is 13.4. The number of nitrogens with zero attached hydrogens (tertiary/aromatic N) is 4. The maximum Gasteiger partial charge on any atom is 0.237 e. The first-order valence-electron chi connectivity index (χ1n) is 8.59. The van der Waals surface area contributed by atoms with Crippen LogP contribution in [0.3, 0.4) is 0 Å². The summed E-state index contributed by atoms with van der Waals surface area (Å²) in [5.41, 5.74) is 1.78. The van der Waals surface area contributed by atoms with Gasteiger partial charge < -0.3 is 14.3 Å². The third-order valence-electron chi connectivity index (χ3n) is 4.14. The quantitative estimate of drug-likeness (QED) is 0.595. The number of nitrogens with one attached hydrogen (secondary N) is 1. The molecule has 144 valence electrons. The number of furan rings is 1. The molecule has 0 unspecified atom stereocenters. The molecule has 7 nitrogen and oxygen atoms in total. The smallest absolute Gasteiger partial charge is 0.237 e. The van der Waals surface area contributed by atoms with E-state index in [4.69, 9.17) is 21.3 Å². The van der Waals surface area contributed by atoms with E-state index in [2.05, 4.69) is 15.5 Å². The zero-order valence-electron chi connectivity index (χ0n) is 15.6. The van der Waals surface area contributed by atoms with Crippen LogP contribution in [0, 0.1) is 18.3 Å². The van der Waals surface area contributed by atoms with E-state index in [-0.39, 0.29) is 5.91 Å². The standard InChI is InChI=1S/C19H18ClN5O2S/c1-4-25-17(15-7-8-27-11(15)2)23-24-19(25)28-12(3)18(26)22-14-6-5-13(10-21)16(20)9-14/h5-9,12H,4H2,1-3H3,(H,22,26)/t12-/m0/s1. The second kappa shape index (κ2) is 8.50. The Morgan fingerprint density at radius 3 is 2.82 bits per heavy atom. The number of thioether (sulfide) groups is 1. The van der Waals surface area contributed by atoms with E-state index < -0.39 is 5.25 Å². The number of halogens is 1. The molecular formula is C19H18ClN5O2S. The number of rotatable bonds is 6. The molecule has 3 rings (SSSR count). The van der Waals surface area contributed by atoms with Crippen LogP contribution in [0.15, 0.2) is 40.1 Å². The van der Waals surface area contributed by atoms with Gasteiger partial charge in [-0.1, -0.05) is 23.4 Å². The molecule has 0 aliphatic rings. The predicted molar refractivity (Wildman–Crippen MR) is 108 cm³/mol. The lowest BCUT2D eigenvalue weighted by Crippen LogP contribution is -2.23. The van der Waals surface area contributed by atoms with Gasteiger partial charge in [0.05, 0.1) is 27.7 Å². The molecule has 1 aromatic carbocycles. The Bertz CT molecular complexity index is 1050. The predicted octanol–water partition coefficient (Wildman–Crippen LogP) is 4.51. The third-order valence-corrected chi connectivity index (χ3v) is 5.53. The monoisotopic (exact) mass is 415 g/mol. The maximum absolute atomic E-state index is 12.6. The van der Waals surface area contributed by atoms with Gasteiger partial charge in [-0.2, -0.15) is 5.26 Å². The Balaban J connectivity index is 1.74. The fourth-order valence-corrected chi connectivity index (χ4v) is 3.75. The lowest BCUT2D eigenvalue weighted by molar-refractivity contribution is -0.115. The van der Waals surface area contributed by atoms with Crippen LogP contribution in [0.5, 0.6) is 0 Å². The van der Waals surface area contributed by atoms with Crippen molar-refractivity contribution >= 4 is 35.0 Å². The Morgan fingerprint density at radius 2 is 2.21 bits per heavy atom. The van der Waals surface area contributed by atoms with Crippen molar-refractivity contribution < 1.29 is 9.21 Å². The average Bonchev–Trinajstić information content (AvgIpc) is 3.27. The molecule has 0 spiro atoms. The number of carbonyl (C=O) groups excluding carboxylic acids is 1. The van der Waals surface area contributed by atoms with E-state index in [0.717, 1.165) is 11.3 Å². The fourth-order valence-electron chi connectivity index (χ4n) is 2.62. The zero-order valence-corrected chi connectivity index (χ0v) is 17.1. The SMILES string of the molecule is CCn1c(S[C@@H](C)C(=O)Nc2ccc(C#N)c(Cl)c2)nnc1-c1ccoc1C. The number of aryl methyl sites for hydroxylation is 1. The van der Waals surface area contributed by atoms with Gasteiger partial charge in [0, 0.05) is 12.2 Å². The number of benzene rings is 1. The second-order valence-corrected chi connectivity index (χ2v) is 7.71. The molecule has 0 saturated heterocycles. The Hall–Kier alpha value is -2.76. The van der Waals surface area contributed by atoms with Crippen molar-refractivity contribution in [2.24, 2.45) is 0 Å². The van der Waals surface area contributed by atoms with Crippen molar-refractivity contribution in [1.29, 1.82) is 5.26 Å². The molecule has 0 bridgehead atoms. The number of carbonyl (C=O) groups is 1. The van der Waals surface area contributed by atoms with Crippen molar-refractivity contribution in [1.82, 2.24) is 14.8 Å². The van der Waals surface area contributed by atoms with E-state index in [9.17, 15) is 4.79 Å². The van der Waals surface area contributed by atoms with Crippen LogP contribution in [0.25, 0.3) is 11.4 Å². The number of amides is 1.